The first-order chi connectivity index (χ1) is 19.0. The summed E-state index contributed by atoms with van der Waals surface area (Å²) in [6.45, 7) is 8.86. The summed E-state index contributed by atoms with van der Waals surface area (Å²) in [5, 5.41) is 1.68. The first-order valence-corrected chi connectivity index (χ1v) is 13.6. The van der Waals surface area contributed by atoms with Gasteiger partial charge in [0.25, 0.3) is 0 Å². The van der Waals surface area contributed by atoms with Crippen LogP contribution in [0.1, 0.15) is 61.8 Å². The Balaban J connectivity index is 1.78. The van der Waals surface area contributed by atoms with Crippen LogP contribution in [-0.4, -0.2) is 32.1 Å². The van der Waals surface area contributed by atoms with E-state index in [1.807, 2.05) is 30.3 Å². The third kappa shape index (κ3) is 6.91. The van der Waals surface area contributed by atoms with E-state index in [1.54, 1.807) is 18.0 Å². The van der Waals surface area contributed by atoms with Gasteiger partial charge in [-0.1, -0.05) is 67.6 Å². The smallest absolute Gasteiger partial charge is 0.330 e. The Bertz CT molecular complexity index is 1320. The van der Waals surface area contributed by atoms with Gasteiger partial charge >= 0.3 is 5.97 Å². The second kappa shape index (κ2) is 13.7. The maximum atomic E-state index is 11.7. The van der Waals surface area contributed by atoms with Gasteiger partial charge in [0.15, 0.2) is 0 Å². The molecular weight excluding hydrogens is 486 g/mol. The Kier molecular flexibility index (Phi) is 9.84. The van der Waals surface area contributed by atoms with Crippen molar-refractivity contribution in [2.45, 2.75) is 45.8 Å². The number of nitrogens with zero attached hydrogens (tertiary/aromatic N) is 2. The van der Waals surface area contributed by atoms with Gasteiger partial charge in [0.1, 0.15) is 6.23 Å². The van der Waals surface area contributed by atoms with Crippen molar-refractivity contribution in [3.05, 3.63) is 101 Å². The van der Waals surface area contributed by atoms with Crippen molar-refractivity contribution >= 4 is 41.3 Å². The number of nitrogens with two attached hydrogens (primary N) is 1. The molecule has 1 heterocycles. The molecular formula is C33H37N3O3. The second-order valence-corrected chi connectivity index (χ2v) is 9.37. The lowest BCUT2D eigenvalue weighted by molar-refractivity contribution is -0.137. The number of hydrogen-bond donors (Lipinski definition) is 1. The van der Waals surface area contributed by atoms with Crippen LogP contribution in [0.5, 0.6) is 0 Å². The topological polar surface area (TPSA) is 77.2 Å². The molecule has 0 spiro atoms. The van der Waals surface area contributed by atoms with Gasteiger partial charge in [0.05, 0.1) is 18.0 Å². The molecule has 0 radical (unpaired) electrons. The van der Waals surface area contributed by atoms with Crippen LogP contribution >= 0.6 is 0 Å². The maximum Gasteiger partial charge on any atom is 0.330 e. The Hall–Kier alpha value is -4.00. The van der Waals surface area contributed by atoms with Crippen LogP contribution in [0.25, 0.3) is 17.2 Å². The van der Waals surface area contributed by atoms with Crippen LogP contribution in [-0.2, 0) is 14.3 Å². The van der Waals surface area contributed by atoms with Gasteiger partial charge in [-0.05, 0) is 90.9 Å². The number of hydrazine groups is 1. The van der Waals surface area contributed by atoms with Crippen molar-refractivity contribution in [1.29, 1.82) is 0 Å². The van der Waals surface area contributed by atoms with E-state index in [-0.39, 0.29) is 12.2 Å². The molecule has 4 rings (SSSR count). The molecule has 39 heavy (non-hydrogen) atoms. The van der Waals surface area contributed by atoms with Gasteiger partial charge in [-0.2, -0.15) is 0 Å². The molecule has 3 aromatic carbocycles. The quantitative estimate of drug-likeness (QED) is 0.0761. The summed E-state index contributed by atoms with van der Waals surface area (Å²) in [7, 11) is 0. The van der Waals surface area contributed by atoms with E-state index in [4.69, 9.17) is 15.3 Å². The highest BCUT2D eigenvalue weighted by Gasteiger charge is 2.23. The van der Waals surface area contributed by atoms with Gasteiger partial charge in [0, 0.05) is 12.7 Å². The first kappa shape index (κ1) is 28.0. The maximum absolute atomic E-state index is 11.7. The molecule has 6 nitrogen and oxygen atoms in total. The third-order valence-electron chi connectivity index (χ3n) is 6.85. The van der Waals surface area contributed by atoms with E-state index in [1.165, 1.54) is 11.6 Å². The first-order valence-electron chi connectivity index (χ1n) is 13.6. The summed E-state index contributed by atoms with van der Waals surface area (Å²) in [6, 6.07) is 24.7. The van der Waals surface area contributed by atoms with Gasteiger partial charge in [0.2, 0.25) is 0 Å². The lowest BCUT2D eigenvalue weighted by atomic mass is 9.87. The summed E-state index contributed by atoms with van der Waals surface area (Å²) < 4.78 is 10.9. The SMILES string of the molecule is C=Nc1cc(/C(=C(\CC)c2ccccc2)c2ccc(/C=C/C(=O)OCC)cc2)ccc1N(N)C1CCCCO1. The van der Waals surface area contributed by atoms with Gasteiger partial charge in [-0.15, -0.1) is 0 Å². The molecule has 202 valence electrons. The van der Waals surface area contributed by atoms with Crippen molar-refractivity contribution in [2.24, 2.45) is 10.8 Å². The van der Waals surface area contributed by atoms with Crippen molar-refractivity contribution in [3.63, 3.8) is 0 Å². The standard InChI is InChI=1S/C33H37N3O3/c1-4-28(25-11-7-6-8-12-25)33(26-17-14-24(15-18-26)16-21-32(37)38-5-2)27-19-20-30(29(23-27)35-3)36(34)31-13-9-10-22-39-31/h6-8,11-12,14-21,23,31H,3-5,9-10,13,22,34H2,1-2H3/b21-16+,33-28+. The fourth-order valence-electron chi connectivity index (χ4n) is 4.92. The van der Waals surface area contributed by atoms with E-state index in [0.717, 1.165) is 59.2 Å². The summed E-state index contributed by atoms with van der Waals surface area (Å²) in [5.41, 5.74) is 7.98. The number of allylic oxidation sites excluding steroid dienone is 1. The molecule has 0 aliphatic carbocycles. The van der Waals surface area contributed by atoms with E-state index < -0.39 is 0 Å². The fourth-order valence-corrected chi connectivity index (χ4v) is 4.92. The normalized spacial score (nSPS) is 16.0. The summed E-state index contributed by atoms with van der Waals surface area (Å²) in [5.74, 6) is 6.16. The Labute approximate surface area is 231 Å². The predicted molar refractivity (Wildman–Crippen MR) is 161 cm³/mol. The number of rotatable bonds is 10. The molecule has 3 aromatic rings. The van der Waals surface area contributed by atoms with E-state index >= 15 is 0 Å². The Morgan fingerprint density at radius 1 is 1.05 bits per heavy atom. The number of benzene rings is 3. The number of esters is 1. The van der Waals surface area contributed by atoms with E-state index in [0.29, 0.717) is 18.9 Å². The Morgan fingerprint density at radius 3 is 2.44 bits per heavy atom. The molecule has 1 aliphatic rings. The van der Waals surface area contributed by atoms with Crippen LogP contribution in [0.15, 0.2) is 83.9 Å². The van der Waals surface area contributed by atoms with Crippen molar-refractivity contribution < 1.29 is 14.3 Å². The van der Waals surface area contributed by atoms with Crippen LogP contribution in [0.3, 0.4) is 0 Å². The highest BCUT2D eigenvalue weighted by atomic mass is 16.5. The zero-order valence-corrected chi connectivity index (χ0v) is 22.8. The molecule has 2 N–H and O–H groups in total. The fraction of sp³-hybridized carbons (Fsp3) is 0.273. The largest absolute Gasteiger partial charge is 0.463 e. The van der Waals surface area contributed by atoms with Crippen LogP contribution in [0, 0.1) is 0 Å². The molecule has 1 unspecified atom stereocenters. The molecule has 0 bridgehead atoms. The average molecular weight is 524 g/mol. The third-order valence-corrected chi connectivity index (χ3v) is 6.85. The second-order valence-electron chi connectivity index (χ2n) is 9.37. The number of hydrogen-bond acceptors (Lipinski definition) is 6. The minimum atomic E-state index is -0.350. The molecule has 1 aliphatic heterocycles. The van der Waals surface area contributed by atoms with Crippen molar-refractivity contribution in [2.75, 3.05) is 18.2 Å². The summed E-state index contributed by atoms with van der Waals surface area (Å²) >= 11 is 0. The molecule has 1 atom stereocenters. The zero-order chi connectivity index (χ0) is 27.6. The van der Waals surface area contributed by atoms with Crippen LogP contribution in [0.2, 0.25) is 0 Å². The molecule has 6 heteroatoms. The minimum absolute atomic E-state index is 0.175. The van der Waals surface area contributed by atoms with Crippen LogP contribution < -0.4 is 10.9 Å². The summed E-state index contributed by atoms with van der Waals surface area (Å²) in [4.78, 5) is 16.1. The van der Waals surface area contributed by atoms with Crippen molar-refractivity contribution in [3.8, 4) is 0 Å². The zero-order valence-electron chi connectivity index (χ0n) is 22.8. The average Bonchev–Trinajstić information content (AvgIpc) is 2.99. The van der Waals surface area contributed by atoms with Crippen molar-refractivity contribution in [1.82, 2.24) is 0 Å². The number of carbonyl (C=O) groups is 1. The van der Waals surface area contributed by atoms with Gasteiger partial charge in [-0.25, -0.2) is 10.6 Å². The van der Waals surface area contributed by atoms with E-state index in [9.17, 15) is 4.79 Å². The number of ether oxygens (including phenoxy) is 2. The highest BCUT2D eigenvalue weighted by Crippen LogP contribution is 2.39. The van der Waals surface area contributed by atoms with E-state index in [2.05, 4.69) is 61.1 Å². The van der Waals surface area contributed by atoms with Gasteiger partial charge in [-0.3, -0.25) is 10.0 Å². The molecule has 0 amide bonds. The lowest BCUT2D eigenvalue weighted by Crippen LogP contribution is -2.44. The van der Waals surface area contributed by atoms with Gasteiger partial charge < -0.3 is 9.47 Å². The molecule has 1 fully saturated rings. The highest BCUT2D eigenvalue weighted by molar-refractivity contribution is 5.99. The number of aliphatic imine (C=N–C) groups is 1. The molecule has 1 saturated heterocycles. The monoisotopic (exact) mass is 523 g/mol. The molecule has 0 aromatic heterocycles. The summed E-state index contributed by atoms with van der Waals surface area (Å²) in [6.07, 6.45) is 6.90. The molecule has 0 saturated carbocycles. The Morgan fingerprint density at radius 2 is 1.79 bits per heavy atom. The van der Waals surface area contributed by atoms with Crippen LogP contribution in [0.4, 0.5) is 11.4 Å². The number of carbonyl (C=O) groups excluding carboxylic acids is 1. The predicted octanol–water partition coefficient (Wildman–Crippen LogP) is 7.17. The number of anilines is 1. The minimum Gasteiger partial charge on any atom is -0.463 e. The lowest BCUT2D eigenvalue weighted by Gasteiger charge is -2.32.